The monoisotopic (exact) mass is 251 g/mol. The van der Waals surface area contributed by atoms with Crippen molar-refractivity contribution in [2.75, 3.05) is 0 Å². The number of halogens is 1. The molecule has 7 heteroatoms. The van der Waals surface area contributed by atoms with Gasteiger partial charge in [-0.25, -0.2) is 9.18 Å². The average molecular weight is 251 g/mol. The first kappa shape index (κ1) is 12.2. The van der Waals surface area contributed by atoms with E-state index >= 15 is 0 Å². The zero-order chi connectivity index (χ0) is 13.0. The number of benzene rings is 1. The Hall–Kier alpha value is -2.28. The maximum atomic E-state index is 13.4. The molecule has 0 radical (unpaired) electrons. The number of nitrogens with zero attached hydrogens (tertiary/aromatic N) is 2. The normalized spacial score (nSPS) is 10.5. The Bertz CT molecular complexity index is 542. The van der Waals surface area contributed by atoms with Gasteiger partial charge < -0.3 is 14.9 Å². The lowest BCUT2D eigenvalue weighted by Gasteiger charge is -2.05. The molecule has 1 heterocycles. The van der Waals surface area contributed by atoms with Crippen LogP contribution in [0, 0.1) is 5.82 Å². The van der Waals surface area contributed by atoms with Crippen molar-refractivity contribution in [3.8, 4) is 0 Å². The highest BCUT2D eigenvalue weighted by atomic mass is 19.1. The van der Waals surface area contributed by atoms with Gasteiger partial charge in [0.05, 0.1) is 12.1 Å². The molecular weight excluding hydrogens is 241 g/mol. The first-order valence-electron chi connectivity index (χ1n) is 5.14. The van der Waals surface area contributed by atoms with Crippen LogP contribution >= 0.6 is 0 Å². The summed E-state index contributed by atoms with van der Waals surface area (Å²) in [6.07, 6.45) is 1.20. The van der Waals surface area contributed by atoms with Gasteiger partial charge in [0.15, 0.2) is 5.82 Å². The Morgan fingerprint density at radius 3 is 2.94 bits per heavy atom. The molecular formula is C11H10FN3O3. The van der Waals surface area contributed by atoms with E-state index in [2.05, 4.69) is 20.0 Å². The lowest BCUT2D eigenvalue weighted by atomic mass is 10.1. The number of carboxylic acids is 1. The van der Waals surface area contributed by atoms with Crippen LogP contribution in [0.5, 0.6) is 0 Å². The quantitative estimate of drug-likeness (QED) is 0.830. The topological polar surface area (TPSA) is 88.2 Å². The fourth-order valence-corrected chi connectivity index (χ4v) is 1.42. The Labute approximate surface area is 101 Å². The van der Waals surface area contributed by atoms with Crippen LogP contribution in [0.2, 0.25) is 0 Å². The van der Waals surface area contributed by atoms with E-state index in [4.69, 9.17) is 5.11 Å². The van der Waals surface area contributed by atoms with E-state index in [0.717, 1.165) is 6.07 Å². The van der Waals surface area contributed by atoms with Gasteiger partial charge in [0, 0.05) is 12.1 Å². The Morgan fingerprint density at radius 1 is 1.44 bits per heavy atom. The molecule has 0 atom stereocenters. The van der Waals surface area contributed by atoms with Gasteiger partial charge >= 0.3 is 5.97 Å². The number of hydrogen-bond donors (Lipinski definition) is 2. The van der Waals surface area contributed by atoms with Gasteiger partial charge in [-0.1, -0.05) is 5.16 Å². The number of nitrogens with one attached hydrogen (secondary N) is 1. The van der Waals surface area contributed by atoms with Gasteiger partial charge in [-0.15, -0.1) is 0 Å². The van der Waals surface area contributed by atoms with Crippen LogP contribution in [0.3, 0.4) is 0 Å². The summed E-state index contributed by atoms with van der Waals surface area (Å²) in [5.41, 5.74) is 0.325. The second kappa shape index (κ2) is 5.37. The fourth-order valence-electron chi connectivity index (χ4n) is 1.42. The van der Waals surface area contributed by atoms with Crippen LogP contribution in [0.1, 0.15) is 21.7 Å². The van der Waals surface area contributed by atoms with Crippen LogP contribution in [0.4, 0.5) is 4.39 Å². The van der Waals surface area contributed by atoms with Crippen LogP contribution in [-0.4, -0.2) is 21.2 Å². The third kappa shape index (κ3) is 2.89. The zero-order valence-electron chi connectivity index (χ0n) is 9.26. The number of hydrogen-bond acceptors (Lipinski definition) is 5. The SMILES string of the molecule is O=C(O)c1ccc(F)c(CNCc2ncon2)c1. The third-order valence-electron chi connectivity index (χ3n) is 2.30. The van der Waals surface area contributed by atoms with Gasteiger partial charge in [0.2, 0.25) is 6.39 Å². The van der Waals surface area contributed by atoms with Gasteiger partial charge in [-0.2, -0.15) is 4.98 Å². The van der Waals surface area contributed by atoms with E-state index in [1.165, 1.54) is 18.5 Å². The molecule has 0 fully saturated rings. The summed E-state index contributed by atoms with van der Waals surface area (Å²) in [5, 5.41) is 15.3. The standard InChI is InChI=1S/C11H10FN3O3/c12-9-2-1-7(11(16)17)3-8(9)4-13-5-10-14-6-18-15-10/h1-3,6,13H,4-5H2,(H,16,17). The molecule has 18 heavy (non-hydrogen) atoms. The highest BCUT2D eigenvalue weighted by molar-refractivity contribution is 5.87. The van der Waals surface area contributed by atoms with Crippen molar-refractivity contribution in [2.24, 2.45) is 0 Å². The lowest BCUT2D eigenvalue weighted by molar-refractivity contribution is 0.0696. The van der Waals surface area contributed by atoms with Crippen molar-refractivity contribution in [1.29, 1.82) is 0 Å². The van der Waals surface area contributed by atoms with E-state index in [9.17, 15) is 9.18 Å². The van der Waals surface area contributed by atoms with Crippen LogP contribution in [0.25, 0.3) is 0 Å². The smallest absolute Gasteiger partial charge is 0.335 e. The van der Waals surface area contributed by atoms with E-state index in [1.807, 2.05) is 0 Å². The molecule has 94 valence electrons. The van der Waals surface area contributed by atoms with Crippen molar-refractivity contribution < 1.29 is 18.8 Å². The maximum Gasteiger partial charge on any atom is 0.335 e. The highest BCUT2D eigenvalue weighted by Crippen LogP contribution is 2.10. The largest absolute Gasteiger partial charge is 0.478 e. The Kier molecular flexibility index (Phi) is 3.63. The number of carbonyl (C=O) groups is 1. The van der Waals surface area contributed by atoms with Gasteiger partial charge in [-0.05, 0) is 18.2 Å². The van der Waals surface area contributed by atoms with Gasteiger partial charge in [-0.3, -0.25) is 0 Å². The molecule has 6 nitrogen and oxygen atoms in total. The Balaban J connectivity index is 2.00. The minimum atomic E-state index is -1.09. The summed E-state index contributed by atoms with van der Waals surface area (Å²) in [4.78, 5) is 14.5. The van der Waals surface area contributed by atoms with E-state index in [-0.39, 0.29) is 17.7 Å². The maximum absolute atomic E-state index is 13.4. The summed E-state index contributed by atoms with van der Waals surface area (Å²) >= 11 is 0. The van der Waals surface area contributed by atoms with E-state index in [1.54, 1.807) is 0 Å². The molecule has 1 aromatic carbocycles. The molecule has 0 saturated heterocycles. The molecule has 1 aromatic heterocycles. The van der Waals surface area contributed by atoms with Crippen LogP contribution < -0.4 is 5.32 Å². The summed E-state index contributed by atoms with van der Waals surface area (Å²) in [7, 11) is 0. The van der Waals surface area contributed by atoms with Crippen molar-refractivity contribution in [3.63, 3.8) is 0 Å². The number of carboxylic acid groups (broad SMARTS) is 1. The predicted octanol–water partition coefficient (Wildman–Crippen LogP) is 1.20. The summed E-state index contributed by atoms with van der Waals surface area (Å²) < 4.78 is 18.0. The molecule has 0 saturated carbocycles. The molecule has 2 N–H and O–H groups in total. The molecule has 0 aliphatic carbocycles. The van der Waals surface area contributed by atoms with Crippen molar-refractivity contribution in [1.82, 2.24) is 15.5 Å². The molecule has 0 unspecified atom stereocenters. The second-order valence-corrected chi connectivity index (χ2v) is 3.56. The average Bonchev–Trinajstić information content (AvgIpc) is 2.84. The molecule has 2 rings (SSSR count). The van der Waals surface area contributed by atoms with E-state index in [0.29, 0.717) is 12.4 Å². The third-order valence-corrected chi connectivity index (χ3v) is 2.30. The van der Waals surface area contributed by atoms with Crippen LogP contribution in [0.15, 0.2) is 29.1 Å². The molecule has 0 bridgehead atoms. The van der Waals surface area contributed by atoms with Gasteiger partial charge in [0.1, 0.15) is 5.82 Å². The molecule has 0 spiro atoms. The first-order valence-corrected chi connectivity index (χ1v) is 5.14. The number of rotatable bonds is 5. The van der Waals surface area contributed by atoms with Crippen molar-refractivity contribution >= 4 is 5.97 Å². The number of aromatic nitrogens is 2. The summed E-state index contributed by atoms with van der Waals surface area (Å²) in [6.45, 7) is 0.495. The van der Waals surface area contributed by atoms with Crippen LogP contribution in [-0.2, 0) is 13.1 Å². The minimum Gasteiger partial charge on any atom is -0.478 e. The molecule has 2 aromatic rings. The number of aromatic carboxylic acids is 1. The van der Waals surface area contributed by atoms with Crippen molar-refractivity contribution in [3.05, 3.63) is 47.4 Å². The first-order chi connectivity index (χ1) is 8.66. The molecule has 0 aliphatic heterocycles. The highest BCUT2D eigenvalue weighted by Gasteiger charge is 2.08. The summed E-state index contributed by atoms with van der Waals surface area (Å²) in [6, 6.07) is 3.65. The fraction of sp³-hybridized carbons (Fsp3) is 0.182. The minimum absolute atomic E-state index is 0.0489. The van der Waals surface area contributed by atoms with E-state index < -0.39 is 11.8 Å². The van der Waals surface area contributed by atoms with Gasteiger partial charge in [0.25, 0.3) is 0 Å². The van der Waals surface area contributed by atoms with Crippen molar-refractivity contribution in [2.45, 2.75) is 13.1 Å². The summed E-state index contributed by atoms with van der Waals surface area (Å²) in [5.74, 6) is -1.10. The zero-order valence-corrected chi connectivity index (χ0v) is 9.26. The Morgan fingerprint density at radius 2 is 2.28 bits per heavy atom. The molecule has 0 amide bonds. The lowest BCUT2D eigenvalue weighted by Crippen LogP contribution is -2.15. The predicted molar refractivity (Wildman–Crippen MR) is 58.2 cm³/mol. The molecule has 0 aliphatic rings. The second-order valence-electron chi connectivity index (χ2n) is 3.56.